The lowest BCUT2D eigenvalue weighted by molar-refractivity contribution is -0.152. The Bertz CT molecular complexity index is 922. The van der Waals surface area contributed by atoms with Crippen molar-refractivity contribution in [2.75, 3.05) is 5.32 Å². The molecule has 0 aromatic heterocycles. The molecule has 2 aromatic carbocycles. The van der Waals surface area contributed by atoms with Crippen LogP contribution >= 0.6 is 23.2 Å². The van der Waals surface area contributed by atoms with Crippen LogP contribution in [0.1, 0.15) is 16.8 Å². The van der Waals surface area contributed by atoms with Gasteiger partial charge in [-0.2, -0.15) is 13.2 Å². The topological polar surface area (TPSA) is 77.5 Å². The Morgan fingerprint density at radius 1 is 1.07 bits per heavy atom. The number of carbonyl (C=O) groups is 1. The van der Waals surface area contributed by atoms with Crippen LogP contribution in [0.25, 0.3) is 0 Å². The lowest BCUT2D eigenvalue weighted by Crippen LogP contribution is -2.42. The van der Waals surface area contributed by atoms with E-state index in [1.54, 1.807) is 42.5 Å². The molecule has 1 aliphatic heterocycles. The Morgan fingerprint density at radius 2 is 1.76 bits per heavy atom. The van der Waals surface area contributed by atoms with Crippen molar-refractivity contribution in [1.82, 2.24) is 16.2 Å². The van der Waals surface area contributed by atoms with Crippen LogP contribution in [-0.4, -0.2) is 30.3 Å². The second kappa shape index (κ2) is 9.00. The van der Waals surface area contributed by atoms with E-state index in [-0.39, 0.29) is 17.9 Å². The van der Waals surface area contributed by atoms with Crippen molar-refractivity contribution in [1.29, 1.82) is 0 Å². The molecule has 11 heteroatoms. The molecule has 2 aromatic rings. The number of halogens is 5. The number of hydrogen-bond acceptors (Lipinski definition) is 4. The predicted molar refractivity (Wildman–Crippen MR) is 106 cm³/mol. The molecule has 1 aliphatic rings. The zero-order chi connectivity index (χ0) is 21.0. The minimum absolute atomic E-state index is 0.0423. The predicted octanol–water partition coefficient (Wildman–Crippen LogP) is 3.95. The number of nitrogens with one attached hydrogen (secondary N) is 4. The fourth-order valence-electron chi connectivity index (χ4n) is 2.60. The number of benzene rings is 2. The summed E-state index contributed by atoms with van der Waals surface area (Å²) in [6, 6.07) is 11.1. The van der Waals surface area contributed by atoms with Gasteiger partial charge in [-0.15, -0.1) is 0 Å². The van der Waals surface area contributed by atoms with Crippen LogP contribution in [0.2, 0.25) is 10.0 Å². The standard InChI is InChI=1S/C18H16Cl2F3N5O/c19-11-4-1-3-10(7-11)16(29)26-17(24-13-6-2-5-12(20)8-13)25-15-9-14(27-28-15)18(21,22)23/h1-8,14-15,27-28H,9H2,(H2,24,25,26,29). The smallest absolute Gasteiger partial charge is 0.326 e. The first kappa shape index (κ1) is 21.4. The normalized spacial score (nSPS) is 19.8. The fourth-order valence-corrected chi connectivity index (χ4v) is 2.98. The van der Waals surface area contributed by atoms with Crippen molar-refractivity contribution < 1.29 is 18.0 Å². The maximum Gasteiger partial charge on any atom is 0.405 e. The molecule has 0 spiro atoms. The quantitative estimate of drug-likeness (QED) is 0.426. The second-order valence-electron chi connectivity index (χ2n) is 6.21. The van der Waals surface area contributed by atoms with Crippen molar-refractivity contribution in [3.05, 3.63) is 64.1 Å². The number of alkyl halides is 3. The summed E-state index contributed by atoms with van der Waals surface area (Å²) in [5, 5.41) is 6.23. The SMILES string of the molecule is O=C(N/C(=N/C1CC(C(F)(F)F)NN1)Nc1cccc(Cl)c1)c1cccc(Cl)c1. The molecule has 0 radical (unpaired) electrons. The highest BCUT2D eigenvalue weighted by Crippen LogP contribution is 2.26. The van der Waals surface area contributed by atoms with Crippen LogP contribution in [0, 0.1) is 0 Å². The molecular formula is C18H16Cl2F3N5O. The van der Waals surface area contributed by atoms with E-state index in [1.165, 1.54) is 6.07 Å². The van der Waals surface area contributed by atoms with Gasteiger partial charge in [0.15, 0.2) is 0 Å². The van der Waals surface area contributed by atoms with E-state index >= 15 is 0 Å². The maximum atomic E-state index is 12.9. The van der Waals surface area contributed by atoms with Gasteiger partial charge in [-0.3, -0.25) is 10.1 Å². The lowest BCUT2D eigenvalue weighted by atomic mass is 10.2. The summed E-state index contributed by atoms with van der Waals surface area (Å²) < 4.78 is 38.6. The monoisotopic (exact) mass is 445 g/mol. The molecule has 3 rings (SSSR count). The molecule has 29 heavy (non-hydrogen) atoms. The Hall–Kier alpha value is -2.33. The summed E-state index contributed by atoms with van der Waals surface area (Å²) in [6.07, 6.45) is -5.66. The third kappa shape index (κ3) is 6.07. The van der Waals surface area contributed by atoms with E-state index in [4.69, 9.17) is 23.2 Å². The number of aliphatic imine (C=N–C) groups is 1. The van der Waals surface area contributed by atoms with Gasteiger partial charge < -0.3 is 5.32 Å². The van der Waals surface area contributed by atoms with Gasteiger partial charge in [0.05, 0.1) is 0 Å². The van der Waals surface area contributed by atoms with E-state index < -0.39 is 24.3 Å². The summed E-state index contributed by atoms with van der Waals surface area (Å²) in [4.78, 5) is 16.7. The van der Waals surface area contributed by atoms with Crippen LogP contribution in [-0.2, 0) is 0 Å². The Kier molecular flexibility index (Phi) is 6.63. The third-order valence-corrected chi connectivity index (χ3v) is 4.44. The molecule has 2 atom stereocenters. The lowest BCUT2D eigenvalue weighted by Gasteiger charge is -2.14. The number of hydrazine groups is 1. The summed E-state index contributed by atoms with van der Waals surface area (Å²) in [7, 11) is 0. The van der Waals surface area contributed by atoms with Crippen LogP contribution in [0.15, 0.2) is 53.5 Å². The summed E-state index contributed by atoms with van der Waals surface area (Å²) in [5.74, 6) is -0.571. The van der Waals surface area contributed by atoms with E-state index in [0.29, 0.717) is 15.7 Å². The minimum Gasteiger partial charge on any atom is -0.326 e. The van der Waals surface area contributed by atoms with E-state index in [2.05, 4.69) is 26.5 Å². The molecule has 6 nitrogen and oxygen atoms in total. The van der Waals surface area contributed by atoms with Crippen LogP contribution in [0.5, 0.6) is 0 Å². The van der Waals surface area contributed by atoms with Crippen molar-refractivity contribution in [2.45, 2.75) is 24.8 Å². The van der Waals surface area contributed by atoms with Gasteiger partial charge in [-0.25, -0.2) is 15.8 Å². The molecular weight excluding hydrogens is 430 g/mol. The zero-order valence-corrected chi connectivity index (χ0v) is 16.2. The van der Waals surface area contributed by atoms with Crippen molar-refractivity contribution in [2.24, 2.45) is 4.99 Å². The zero-order valence-electron chi connectivity index (χ0n) is 14.7. The Balaban J connectivity index is 1.80. The van der Waals surface area contributed by atoms with Crippen LogP contribution in [0.3, 0.4) is 0 Å². The molecule has 0 bridgehead atoms. The molecule has 154 valence electrons. The van der Waals surface area contributed by atoms with E-state index in [9.17, 15) is 18.0 Å². The number of guanidine groups is 1. The second-order valence-corrected chi connectivity index (χ2v) is 7.08. The highest BCUT2D eigenvalue weighted by Gasteiger charge is 2.44. The molecule has 0 saturated carbocycles. The number of rotatable bonds is 3. The summed E-state index contributed by atoms with van der Waals surface area (Å²) in [5.41, 5.74) is 5.39. The highest BCUT2D eigenvalue weighted by molar-refractivity contribution is 6.31. The molecule has 2 unspecified atom stereocenters. The van der Waals surface area contributed by atoms with Crippen LogP contribution in [0.4, 0.5) is 18.9 Å². The molecule has 1 saturated heterocycles. The van der Waals surface area contributed by atoms with E-state index in [0.717, 1.165) is 0 Å². The Labute approximate surface area is 174 Å². The van der Waals surface area contributed by atoms with Crippen molar-refractivity contribution in [3.8, 4) is 0 Å². The first-order chi connectivity index (χ1) is 13.7. The highest BCUT2D eigenvalue weighted by atomic mass is 35.5. The molecule has 1 amide bonds. The number of carbonyl (C=O) groups excluding carboxylic acids is 1. The van der Waals surface area contributed by atoms with Gasteiger partial charge in [0.1, 0.15) is 12.2 Å². The molecule has 0 aliphatic carbocycles. The van der Waals surface area contributed by atoms with Gasteiger partial charge in [-0.1, -0.05) is 35.3 Å². The van der Waals surface area contributed by atoms with Crippen molar-refractivity contribution in [3.63, 3.8) is 0 Å². The maximum absolute atomic E-state index is 12.9. The first-order valence-corrected chi connectivity index (χ1v) is 9.21. The summed E-state index contributed by atoms with van der Waals surface area (Å²) >= 11 is 11.9. The molecule has 4 N–H and O–H groups in total. The average molecular weight is 446 g/mol. The largest absolute Gasteiger partial charge is 0.405 e. The van der Waals surface area contributed by atoms with Gasteiger partial charge >= 0.3 is 6.18 Å². The van der Waals surface area contributed by atoms with Crippen LogP contribution < -0.4 is 21.5 Å². The number of nitrogens with zero attached hydrogens (tertiary/aromatic N) is 1. The van der Waals surface area contributed by atoms with E-state index in [1.807, 2.05) is 0 Å². The number of hydrogen-bond donors (Lipinski definition) is 4. The van der Waals surface area contributed by atoms with Gasteiger partial charge in [0.25, 0.3) is 5.91 Å². The number of anilines is 1. The van der Waals surface area contributed by atoms with Gasteiger partial charge in [-0.05, 0) is 36.4 Å². The minimum atomic E-state index is -4.41. The van der Waals surface area contributed by atoms with Crippen molar-refractivity contribution >= 4 is 40.8 Å². The first-order valence-electron chi connectivity index (χ1n) is 8.46. The van der Waals surface area contributed by atoms with Gasteiger partial charge in [0.2, 0.25) is 5.96 Å². The molecule has 1 fully saturated rings. The fraction of sp³-hybridized carbons (Fsp3) is 0.222. The average Bonchev–Trinajstić information content (AvgIpc) is 3.10. The number of amides is 1. The third-order valence-electron chi connectivity index (χ3n) is 3.97. The van der Waals surface area contributed by atoms with Gasteiger partial charge in [0, 0.05) is 27.7 Å². The summed E-state index contributed by atoms with van der Waals surface area (Å²) in [6.45, 7) is 0. The Morgan fingerprint density at radius 3 is 2.38 bits per heavy atom. The molecule has 1 heterocycles.